The Morgan fingerprint density at radius 2 is 1.77 bits per heavy atom. The minimum absolute atomic E-state index is 0.0442. The number of amides is 2. The lowest BCUT2D eigenvalue weighted by Gasteiger charge is -2.40. The number of nitrogens with one attached hydrogen (secondary N) is 2. The van der Waals surface area contributed by atoms with Gasteiger partial charge in [0.05, 0.1) is 6.10 Å². The predicted octanol–water partition coefficient (Wildman–Crippen LogP) is 4.64. The highest BCUT2D eigenvalue weighted by Crippen LogP contribution is 2.48. The van der Waals surface area contributed by atoms with Crippen LogP contribution in [-0.4, -0.2) is 37.0 Å². The van der Waals surface area contributed by atoms with Gasteiger partial charge in [-0.15, -0.1) is 0 Å². The summed E-state index contributed by atoms with van der Waals surface area (Å²) in [7, 11) is 0. The highest BCUT2D eigenvalue weighted by molar-refractivity contribution is 5.75. The van der Waals surface area contributed by atoms with Crippen LogP contribution in [0.25, 0.3) is 0 Å². The van der Waals surface area contributed by atoms with Gasteiger partial charge in [-0.25, -0.2) is 4.79 Å². The molecule has 1 saturated carbocycles. The number of rotatable bonds is 5. The van der Waals surface area contributed by atoms with E-state index in [9.17, 15) is 18.0 Å². The molecule has 0 aromatic heterocycles. The highest BCUT2D eigenvalue weighted by atomic mass is 19.4. The van der Waals surface area contributed by atoms with Crippen molar-refractivity contribution in [3.8, 4) is 0 Å². The molecule has 2 amide bonds. The third-order valence-corrected chi connectivity index (χ3v) is 5.75. The summed E-state index contributed by atoms with van der Waals surface area (Å²) in [6, 6.07) is -0.745. The van der Waals surface area contributed by atoms with Crippen LogP contribution in [0.3, 0.4) is 0 Å². The Bertz CT molecular complexity index is 508. The number of hydrogen-bond donors (Lipinski definition) is 2. The number of carbonyl (C=O) groups excluding carboxylic acids is 1. The zero-order valence-electron chi connectivity index (χ0n) is 16.6. The van der Waals surface area contributed by atoms with Gasteiger partial charge in [0.1, 0.15) is 5.54 Å². The summed E-state index contributed by atoms with van der Waals surface area (Å²) in [5.74, 6) is 0.592. The maximum absolute atomic E-state index is 12.9. The van der Waals surface area contributed by atoms with E-state index in [0.717, 1.165) is 25.9 Å². The molecule has 1 heterocycles. The third kappa shape index (κ3) is 5.51. The SMILES string of the molecule is CC(C)(CNC(=O)NC1(C(F)(F)F)CC1)CC1CC(C(C)(C)C)CCO1. The molecule has 4 nitrogen and oxygen atoms in total. The van der Waals surface area contributed by atoms with Gasteiger partial charge in [0.15, 0.2) is 0 Å². The van der Waals surface area contributed by atoms with Crippen molar-refractivity contribution in [2.75, 3.05) is 13.2 Å². The Kier molecular flexibility index (Phi) is 5.91. The Morgan fingerprint density at radius 1 is 1.15 bits per heavy atom. The van der Waals surface area contributed by atoms with Gasteiger partial charge in [0.25, 0.3) is 0 Å². The van der Waals surface area contributed by atoms with E-state index < -0.39 is 17.7 Å². The smallest absolute Gasteiger partial charge is 0.378 e. The van der Waals surface area contributed by atoms with E-state index in [1.54, 1.807) is 0 Å². The zero-order valence-corrected chi connectivity index (χ0v) is 16.6. The van der Waals surface area contributed by atoms with Gasteiger partial charge in [-0.05, 0) is 48.9 Å². The number of hydrogen-bond acceptors (Lipinski definition) is 2. The van der Waals surface area contributed by atoms with Crippen molar-refractivity contribution in [2.45, 2.75) is 84.5 Å². The summed E-state index contributed by atoms with van der Waals surface area (Å²) < 4.78 is 44.6. The molecule has 1 saturated heterocycles. The molecule has 152 valence electrons. The fourth-order valence-corrected chi connectivity index (χ4v) is 3.68. The molecule has 2 N–H and O–H groups in total. The summed E-state index contributed by atoms with van der Waals surface area (Å²) in [5, 5.41) is 4.72. The van der Waals surface area contributed by atoms with Crippen molar-refractivity contribution in [1.29, 1.82) is 0 Å². The van der Waals surface area contributed by atoms with E-state index >= 15 is 0 Å². The molecule has 0 bridgehead atoms. The van der Waals surface area contributed by atoms with Crippen LogP contribution in [0.1, 0.15) is 66.7 Å². The van der Waals surface area contributed by atoms with Gasteiger partial charge in [0.2, 0.25) is 0 Å². The van der Waals surface area contributed by atoms with E-state index in [-0.39, 0.29) is 29.8 Å². The second kappa shape index (κ2) is 7.21. The quantitative estimate of drug-likeness (QED) is 0.732. The zero-order chi connectivity index (χ0) is 19.8. The van der Waals surface area contributed by atoms with E-state index in [2.05, 4.69) is 31.4 Å². The van der Waals surface area contributed by atoms with Crippen LogP contribution in [-0.2, 0) is 4.74 Å². The molecule has 2 atom stereocenters. The van der Waals surface area contributed by atoms with Gasteiger partial charge >= 0.3 is 12.2 Å². The fourth-order valence-electron chi connectivity index (χ4n) is 3.68. The first kappa shape index (κ1) is 21.3. The molecule has 0 spiro atoms. The molecule has 1 aliphatic carbocycles. The maximum Gasteiger partial charge on any atom is 0.411 e. The first-order valence-electron chi connectivity index (χ1n) is 9.48. The van der Waals surface area contributed by atoms with Crippen LogP contribution in [0, 0.1) is 16.7 Å². The molecule has 2 aliphatic rings. The minimum atomic E-state index is -4.39. The first-order valence-corrected chi connectivity index (χ1v) is 9.48. The van der Waals surface area contributed by atoms with Crippen LogP contribution in [0.4, 0.5) is 18.0 Å². The number of urea groups is 1. The fraction of sp³-hybridized carbons (Fsp3) is 0.947. The van der Waals surface area contributed by atoms with E-state index in [4.69, 9.17) is 4.74 Å². The predicted molar refractivity (Wildman–Crippen MR) is 94.9 cm³/mol. The van der Waals surface area contributed by atoms with Crippen LogP contribution in [0.15, 0.2) is 0 Å². The normalized spacial score (nSPS) is 26.3. The Balaban J connectivity index is 1.80. The highest BCUT2D eigenvalue weighted by Gasteiger charge is 2.64. The van der Waals surface area contributed by atoms with Crippen molar-refractivity contribution in [3.05, 3.63) is 0 Å². The largest absolute Gasteiger partial charge is 0.411 e. The molecule has 2 rings (SSSR count). The first-order chi connectivity index (χ1) is 11.7. The van der Waals surface area contributed by atoms with Crippen LogP contribution >= 0.6 is 0 Å². The topological polar surface area (TPSA) is 50.4 Å². The average Bonchev–Trinajstić information content (AvgIpc) is 3.25. The Morgan fingerprint density at radius 3 is 2.27 bits per heavy atom. The molecule has 0 aromatic rings. The molecule has 1 aliphatic heterocycles. The Hall–Kier alpha value is -0.980. The lowest BCUT2D eigenvalue weighted by atomic mass is 9.73. The van der Waals surface area contributed by atoms with Crippen LogP contribution < -0.4 is 10.6 Å². The van der Waals surface area contributed by atoms with Gasteiger partial charge < -0.3 is 15.4 Å². The van der Waals surface area contributed by atoms with E-state index in [1.807, 2.05) is 13.8 Å². The van der Waals surface area contributed by atoms with Gasteiger partial charge in [-0.2, -0.15) is 13.2 Å². The summed E-state index contributed by atoms with van der Waals surface area (Å²) in [6.07, 6.45) is -1.55. The minimum Gasteiger partial charge on any atom is -0.378 e. The molecular weight excluding hydrogens is 345 g/mol. The standard InChI is InChI=1S/C19H33F3N2O2/c1-16(2,3)13-6-9-26-14(10-13)11-17(4,5)12-23-15(25)24-18(7-8-18)19(20,21)22/h13-14H,6-12H2,1-5H3,(H2,23,24,25). The molecule has 7 heteroatoms. The molecule has 2 unspecified atom stereocenters. The average molecular weight is 378 g/mol. The van der Waals surface area contributed by atoms with Gasteiger partial charge in [0, 0.05) is 13.2 Å². The molecule has 0 radical (unpaired) electrons. The summed E-state index contributed by atoms with van der Waals surface area (Å²) in [6.45, 7) is 11.8. The molecular formula is C19H33F3N2O2. The summed E-state index contributed by atoms with van der Waals surface area (Å²) >= 11 is 0. The second-order valence-corrected chi connectivity index (χ2v) is 9.84. The van der Waals surface area contributed by atoms with Crippen molar-refractivity contribution in [3.63, 3.8) is 0 Å². The molecule has 26 heavy (non-hydrogen) atoms. The third-order valence-electron chi connectivity index (χ3n) is 5.75. The van der Waals surface area contributed by atoms with Crippen molar-refractivity contribution < 1.29 is 22.7 Å². The lowest BCUT2D eigenvalue weighted by molar-refractivity contribution is -0.162. The second-order valence-electron chi connectivity index (χ2n) is 9.84. The number of carbonyl (C=O) groups is 1. The Labute approximate surface area is 154 Å². The molecule has 2 fully saturated rings. The van der Waals surface area contributed by atoms with Crippen molar-refractivity contribution in [2.24, 2.45) is 16.7 Å². The van der Waals surface area contributed by atoms with Crippen molar-refractivity contribution >= 4 is 6.03 Å². The number of alkyl halides is 3. The van der Waals surface area contributed by atoms with E-state index in [1.165, 1.54) is 0 Å². The monoisotopic (exact) mass is 378 g/mol. The number of ether oxygens (including phenoxy) is 1. The maximum atomic E-state index is 12.9. The number of halogens is 3. The summed E-state index contributed by atoms with van der Waals surface area (Å²) in [5.41, 5.74) is -2.04. The van der Waals surface area contributed by atoms with Gasteiger partial charge in [-0.3, -0.25) is 0 Å². The van der Waals surface area contributed by atoms with Gasteiger partial charge in [-0.1, -0.05) is 34.6 Å². The van der Waals surface area contributed by atoms with Crippen molar-refractivity contribution in [1.82, 2.24) is 10.6 Å². The lowest BCUT2D eigenvalue weighted by Crippen LogP contribution is -2.52. The van der Waals surface area contributed by atoms with Crippen LogP contribution in [0.2, 0.25) is 0 Å². The van der Waals surface area contributed by atoms with E-state index in [0.29, 0.717) is 12.5 Å². The molecule has 0 aromatic carbocycles. The van der Waals surface area contributed by atoms with Crippen LogP contribution in [0.5, 0.6) is 0 Å². The summed E-state index contributed by atoms with van der Waals surface area (Å²) in [4.78, 5) is 11.9.